The second kappa shape index (κ2) is 6.75. The fraction of sp³-hybridized carbons (Fsp3) is 0.294. The molecule has 0 bridgehead atoms. The second-order valence-corrected chi connectivity index (χ2v) is 5.41. The molecule has 1 aromatic heterocycles. The van der Waals surface area contributed by atoms with Crippen molar-refractivity contribution in [1.82, 2.24) is 10.3 Å². The van der Waals surface area contributed by atoms with Gasteiger partial charge in [0.25, 0.3) is 0 Å². The highest BCUT2D eigenvalue weighted by molar-refractivity contribution is 5.89. The van der Waals surface area contributed by atoms with Gasteiger partial charge in [0, 0.05) is 24.5 Å². The first-order valence-corrected chi connectivity index (χ1v) is 7.49. The Morgan fingerprint density at radius 3 is 2.65 bits per heavy atom. The normalized spacial score (nSPS) is 14.2. The molecule has 6 heteroatoms. The van der Waals surface area contributed by atoms with Crippen LogP contribution < -0.4 is 10.2 Å². The number of pyridine rings is 1. The Hall–Kier alpha value is -2.47. The third-order valence-electron chi connectivity index (χ3n) is 3.81. The van der Waals surface area contributed by atoms with Crippen LogP contribution in [0.25, 0.3) is 0 Å². The van der Waals surface area contributed by atoms with E-state index < -0.39 is 5.95 Å². The molecule has 1 amide bonds. The number of hydrogen-bond acceptors (Lipinski definition) is 4. The second-order valence-electron chi connectivity index (χ2n) is 5.41. The highest BCUT2D eigenvalue weighted by Gasteiger charge is 2.23. The smallest absolute Gasteiger partial charge is 0.414 e. The molecule has 0 spiro atoms. The molecule has 0 radical (unpaired) electrons. The van der Waals surface area contributed by atoms with Gasteiger partial charge in [-0.05, 0) is 36.2 Å². The van der Waals surface area contributed by atoms with Crippen LogP contribution in [0.1, 0.15) is 16.8 Å². The fourth-order valence-electron chi connectivity index (χ4n) is 2.51. The van der Waals surface area contributed by atoms with E-state index in [9.17, 15) is 9.18 Å². The average molecular weight is 315 g/mol. The average Bonchev–Trinajstić information content (AvgIpc) is 2.96. The van der Waals surface area contributed by atoms with Gasteiger partial charge in [0.05, 0.1) is 6.54 Å². The van der Waals surface area contributed by atoms with Crippen LogP contribution >= 0.6 is 0 Å². The lowest BCUT2D eigenvalue weighted by molar-refractivity contribution is 0.181. The van der Waals surface area contributed by atoms with Gasteiger partial charge in [-0.15, -0.1) is 0 Å². The van der Waals surface area contributed by atoms with Gasteiger partial charge in [0.2, 0.25) is 5.95 Å². The molecule has 0 aliphatic carbocycles. The molecule has 0 unspecified atom stereocenters. The summed E-state index contributed by atoms with van der Waals surface area (Å²) in [6.07, 6.45) is -0.296. The van der Waals surface area contributed by atoms with Crippen molar-refractivity contribution in [1.29, 1.82) is 0 Å². The number of nitrogens with one attached hydrogen (secondary N) is 1. The third kappa shape index (κ3) is 3.65. The van der Waals surface area contributed by atoms with Crippen molar-refractivity contribution in [2.45, 2.75) is 20.0 Å². The first-order chi connectivity index (χ1) is 11.1. The first-order valence-electron chi connectivity index (χ1n) is 7.49. The van der Waals surface area contributed by atoms with Crippen LogP contribution in [-0.4, -0.2) is 24.2 Å². The molecule has 23 heavy (non-hydrogen) atoms. The zero-order valence-corrected chi connectivity index (χ0v) is 12.9. The molecule has 0 saturated carbocycles. The lowest BCUT2D eigenvalue weighted by Crippen LogP contribution is -2.23. The van der Waals surface area contributed by atoms with Crippen molar-refractivity contribution in [3.63, 3.8) is 0 Å². The molecule has 120 valence electrons. The van der Waals surface area contributed by atoms with Crippen LogP contribution in [0.3, 0.4) is 0 Å². The fourth-order valence-corrected chi connectivity index (χ4v) is 2.51. The van der Waals surface area contributed by atoms with Crippen LogP contribution in [0.5, 0.6) is 0 Å². The number of anilines is 1. The monoisotopic (exact) mass is 315 g/mol. The lowest BCUT2D eigenvalue weighted by atomic mass is 10.1. The molecule has 0 atom stereocenters. The number of ether oxygens (including phenoxy) is 1. The SMILES string of the molecule is Cc1nc(F)ccc1CNCc1ccc(N2CCOC2=O)cc1. The number of rotatable bonds is 5. The van der Waals surface area contributed by atoms with E-state index in [1.165, 1.54) is 6.07 Å². The summed E-state index contributed by atoms with van der Waals surface area (Å²) in [4.78, 5) is 16.9. The van der Waals surface area contributed by atoms with Crippen molar-refractivity contribution in [3.05, 3.63) is 59.2 Å². The Morgan fingerprint density at radius 1 is 1.22 bits per heavy atom. The van der Waals surface area contributed by atoms with Crippen LogP contribution in [0.15, 0.2) is 36.4 Å². The number of cyclic esters (lactones) is 1. The minimum atomic E-state index is -0.456. The molecule has 1 saturated heterocycles. The van der Waals surface area contributed by atoms with Crippen molar-refractivity contribution < 1.29 is 13.9 Å². The summed E-state index contributed by atoms with van der Waals surface area (Å²) in [5, 5.41) is 3.31. The topological polar surface area (TPSA) is 54.5 Å². The third-order valence-corrected chi connectivity index (χ3v) is 3.81. The van der Waals surface area contributed by atoms with E-state index in [0.29, 0.717) is 31.9 Å². The molecular formula is C17H18FN3O2. The summed E-state index contributed by atoms with van der Waals surface area (Å²) in [7, 11) is 0. The van der Waals surface area contributed by atoms with Crippen LogP contribution in [-0.2, 0) is 17.8 Å². The molecule has 1 aliphatic heterocycles. The largest absolute Gasteiger partial charge is 0.447 e. The zero-order chi connectivity index (χ0) is 16.2. The summed E-state index contributed by atoms with van der Waals surface area (Å²) in [6.45, 7) is 4.13. The van der Waals surface area contributed by atoms with E-state index in [1.807, 2.05) is 24.3 Å². The van der Waals surface area contributed by atoms with E-state index in [1.54, 1.807) is 17.9 Å². The number of halogens is 1. The quantitative estimate of drug-likeness (QED) is 0.862. The highest BCUT2D eigenvalue weighted by Crippen LogP contribution is 2.19. The van der Waals surface area contributed by atoms with Crippen molar-refractivity contribution in [2.24, 2.45) is 0 Å². The highest BCUT2D eigenvalue weighted by atomic mass is 19.1. The lowest BCUT2D eigenvalue weighted by Gasteiger charge is -2.13. The summed E-state index contributed by atoms with van der Waals surface area (Å²) in [5.41, 5.74) is 3.62. The summed E-state index contributed by atoms with van der Waals surface area (Å²) in [6, 6.07) is 10.9. The van der Waals surface area contributed by atoms with Crippen molar-refractivity contribution >= 4 is 11.8 Å². The van der Waals surface area contributed by atoms with E-state index in [0.717, 1.165) is 16.8 Å². The van der Waals surface area contributed by atoms with Crippen LogP contribution in [0.2, 0.25) is 0 Å². The molecule has 1 aliphatic rings. The van der Waals surface area contributed by atoms with Gasteiger partial charge in [0.15, 0.2) is 0 Å². The molecule has 1 N–H and O–H groups in total. The molecule has 1 fully saturated rings. The minimum absolute atomic E-state index is 0.296. The molecule has 5 nitrogen and oxygen atoms in total. The Labute approximate surface area is 134 Å². The van der Waals surface area contributed by atoms with Crippen molar-refractivity contribution in [3.8, 4) is 0 Å². The predicted molar refractivity (Wildman–Crippen MR) is 84.6 cm³/mol. The summed E-state index contributed by atoms with van der Waals surface area (Å²) < 4.78 is 17.9. The van der Waals surface area contributed by atoms with Gasteiger partial charge in [-0.1, -0.05) is 18.2 Å². The van der Waals surface area contributed by atoms with Crippen molar-refractivity contribution in [2.75, 3.05) is 18.1 Å². The van der Waals surface area contributed by atoms with Gasteiger partial charge in [0.1, 0.15) is 6.61 Å². The Balaban J connectivity index is 1.55. The molecule has 3 rings (SSSR count). The molecule has 2 heterocycles. The van der Waals surface area contributed by atoms with E-state index >= 15 is 0 Å². The Bertz CT molecular complexity index is 703. The van der Waals surface area contributed by atoms with E-state index in [4.69, 9.17) is 4.74 Å². The number of nitrogens with zero attached hydrogens (tertiary/aromatic N) is 2. The number of hydrogen-bond donors (Lipinski definition) is 1. The number of carbonyl (C=O) groups excluding carboxylic acids is 1. The molecular weight excluding hydrogens is 297 g/mol. The zero-order valence-electron chi connectivity index (χ0n) is 12.9. The Morgan fingerprint density at radius 2 is 2.00 bits per heavy atom. The standard InChI is InChI=1S/C17H18FN3O2/c1-12-14(4-7-16(18)20-12)11-19-10-13-2-5-15(6-3-13)21-8-9-23-17(21)22/h2-7,19H,8-11H2,1H3. The predicted octanol–water partition coefficient (Wildman–Crippen LogP) is 2.78. The molecule has 2 aromatic rings. The minimum Gasteiger partial charge on any atom is -0.447 e. The van der Waals surface area contributed by atoms with Gasteiger partial charge in [-0.3, -0.25) is 4.90 Å². The van der Waals surface area contributed by atoms with Gasteiger partial charge in [-0.25, -0.2) is 9.78 Å². The maximum Gasteiger partial charge on any atom is 0.414 e. The Kier molecular flexibility index (Phi) is 4.52. The van der Waals surface area contributed by atoms with Crippen LogP contribution in [0, 0.1) is 12.9 Å². The van der Waals surface area contributed by atoms with Crippen LogP contribution in [0.4, 0.5) is 14.9 Å². The van der Waals surface area contributed by atoms with E-state index in [2.05, 4.69) is 10.3 Å². The number of aryl methyl sites for hydroxylation is 1. The number of amides is 1. The van der Waals surface area contributed by atoms with Gasteiger partial charge >= 0.3 is 6.09 Å². The maximum absolute atomic E-state index is 13.0. The molecule has 1 aromatic carbocycles. The summed E-state index contributed by atoms with van der Waals surface area (Å²) in [5.74, 6) is -0.456. The maximum atomic E-state index is 13.0. The first kappa shape index (κ1) is 15.4. The number of carbonyl (C=O) groups is 1. The number of aromatic nitrogens is 1. The van der Waals surface area contributed by atoms with Gasteiger partial charge < -0.3 is 10.1 Å². The number of benzene rings is 1. The van der Waals surface area contributed by atoms with Gasteiger partial charge in [-0.2, -0.15) is 4.39 Å². The van der Waals surface area contributed by atoms with E-state index in [-0.39, 0.29) is 6.09 Å². The summed E-state index contributed by atoms with van der Waals surface area (Å²) >= 11 is 0.